The number of hydrogen-bond donors (Lipinski definition) is 2. The van der Waals surface area contributed by atoms with Gasteiger partial charge in [0.1, 0.15) is 18.5 Å². The van der Waals surface area contributed by atoms with E-state index in [4.69, 9.17) is 4.74 Å². The van der Waals surface area contributed by atoms with E-state index in [0.717, 1.165) is 24.3 Å². The van der Waals surface area contributed by atoms with Crippen molar-refractivity contribution < 1.29 is 9.84 Å². The Morgan fingerprint density at radius 2 is 2.05 bits per heavy atom. The lowest BCUT2D eigenvalue weighted by Gasteiger charge is -2.15. The minimum Gasteiger partial charge on any atom is -0.491 e. The molecule has 1 aromatic rings. The van der Waals surface area contributed by atoms with Crippen LogP contribution < -0.4 is 10.1 Å². The maximum atomic E-state index is 9.78. The van der Waals surface area contributed by atoms with Gasteiger partial charge in [-0.05, 0) is 44.0 Å². The van der Waals surface area contributed by atoms with E-state index in [2.05, 4.69) is 25.2 Å². The molecule has 0 saturated heterocycles. The molecular weight excluding hydrogens is 262 g/mol. The zero-order valence-electron chi connectivity index (χ0n) is 12.1. The molecule has 0 aliphatic rings. The van der Waals surface area contributed by atoms with Crippen LogP contribution >= 0.6 is 12.4 Å². The van der Waals surface area contributed by atoms with E-state index in [1.54, 1.807) is 0 Å². The highest BCUT2D eigenvalue weighted by molar-refractivity contribution is 5.85. The lowest BCUT2D eigenvalue weighted by atomic mass is 10.1. The van der Waals surface area contributed by atoms with Crippen molar-refractivity contribution in [2.75, 3.05) is 19.7 Å². The maximum absolute atomic E-state index is 9.78. The number of aryl methyl sites for hydroxylation is 1. The summed E-state index contributed by atoms with van der Waals surface area (Å²) < 4.78 is 5.65. The SMILES string of the molecule is CCCCNCC(O)COc1cccc(C)c1C.Cl. The first-order valence-corrected chi connectivity index (χ1v) is 6.73. The Labute approximate surface area is 122 Å². The predicted octanol–water partition coefficient (Wildman–Crippen LogP) is 2.85. The molecule has 110 valence electrons. The quantitative estimate of drug-likeness (QED) is 0.723. The Bertz CT molecular complexity index is 358. The maximum Gasteiger partial charge on any atom is 0.122 e. The molecule has 0 radical (unpaired) electrons. The van der Waals surface area contributed by atoms with Gasteiger partial charge < -0.3 is 15.2 Å². The number of ether oxygens (including phenoxy) is 1. The molecular formula is C15H26ClNO2. The number of halogens is 1. The molecule has 1 aromatic carbocycles. The monoisotopic (exact) mass is 287 g/mol. The Hall–Kier alpha value is -0.770. The normalized spacial score (nSPS) is 11.8. The Morgan fingerprint density at radius 3 is 2.74 bits per heavy atom. The Balaban J connectivity index is 0.00000324. The van der Waals surface area contributed by atoms with Crippen LogP contribution in [0.1, 0.15) is 30.9 Å². The summed E-state index contributed by atoms with van der Waals surface area (Å²) in [5, 5.41) is 13.0. The number of aliphatic hydroxyl groups excluding tert-OH is 1. The van der Waals surface area contributed by atoms with Crippen molar-refractivity contribution in [1.82, 2.24) is 5.32 Å². The van der Waals surface area contributed by atoms with Crippen LogP contribution in [-0.4, -0.2) is 30.9 Å². The molecule has 0 aliphatic carbocycles. The highest BCUT2D eigenvalue weighted by atomic mass is 35.5. The predicted molar refractivity (Wildman–Crippen MR) is 82.4 cm³/mol. The van der Waals surface area contributed by atoms with E-state index in [1.165, 1.54) is 12.0 Å². The molecule has 1 rings (SSSR count). The van der Waals surface area contributed by atoms with E-state index < -0.39 is 6.10 Å². The zero-order chi connectivity index (χ0) is 13.4. The molecule has 1 unspecified atom stereocenters. The molecule has 0 spiro atoms. The molecule has 0 bridgehead atoms. The number of nitrogens with one attached hydrogen (secondary N) is 1. The summed E-state index contributed by atoms with van der Waals surface area (Å²) in [6.07, 6.45) is 1.86. The fraction of sp³-hybridized carbons (Fsp3) is 0.600. The summed E-state index contributed by atoms with van der Waals surface area (Å²) in [5.41, 5.74) is 2.35. The number of benzene rings is 1. The van der Waals surface area contributed by atoms with Gasteiger partial charge in [-0.2, -0.15) is 0 Å². The fourth-order valence-corrected chi connectivity index (χ4v) is 1.70. The van der Waals surface area contributed by atoms with Crippen LogP contribution in [-0.2, 0) is 0 Å². The first-order valence-electron chi connectivity index (χ1n) is 6.73. The molecule has 0 heterocycles. The van der Waals surface area contributed by atoms with Gasteiger partial charge in [0.05, 0.1) is 0 Å². The van der Waals surface area contributed by atoms with Gasteiger partial charge in [0.25, 0.3) is 0 Å². The highest BCUT2D eigenvalue weighted by Gasteiger charge is 2.06. The number of unbranched alkanes of at least 4 members (excludes halogenated alkanes) is 1. The van der Waals surface area contributed by atoms with E-state index in [1.807, 2.05) is 19.1 Å². The van der Waals surface area contributed by atoms with Gasteiger partial charge in [0.15, 0.2) is 0 Å². The molecule has 0 aliphatic heterocycles. The lowest BCUT2D eigenvalue weighted by Crippen LogP contribution is -2.32. The summed E-state index contributed by atoms with van der Waals surface area (Å²) in [7, 11) is 0. The molecule has 1 atom stereocenters. The highest BCUT2D eigenvalue weighted by Crippen LogP contribution is 2.20. The van der Waals surface area contributed by atoms with Crippen LogP contribution in [0.4, 0.5) is 0 Å². The van der Waals surface area contributed by atoms with Crippen molar-refractivity contribution >= 4 is 12.4 Å². The van der Waals surface area contributed by atoms with Gasteiger partial charge in [-0.25, -0.2) is 0 Å². The summed E-state index contributed by atoms with van der Waals surface area (Å²) in [5.74, 6) is 0.864. The lowest BCUT2D eigenvalue weighted by molar-refractivity contribution is 0.106. The number of rotatable bonds is 8. The van der Waals surface area contributed by atoms with Crippen LogP contribution in [0.2, 0.25) is 0 Å². The first-order chi connectivity index (χ1) is 8.65. The molecule has 0 aromatic heterocycles. The average molecular weight is 288 g/mol. The third kappa shape index (κ3) is 6.81. The summed E-state index contributed by atoms with van der Waals surface area (Å²) in [4.78, 5) is 0. The minimum absolute atomic E-state index is 0. The molecule has 2 N–H and O–H groups in total. The van der Waals surface area contributed by atoms with Crippen LogP contribution in [0.25, 0.3) is 0 Å². The van der Waals surface area contributed by atoms with Crippen molar-refractivity contribution in [2.45, 2.75) is 39.7 Å². The smallest absolute Gasteiger partial charge is 0.122 e. The molecule has 0 saturated carbocycles. The summed E-state index contributed by atoms with van der Waals surface area (Å²) >= 11 is 0. The van der Waals surface area contributed by atoms with Crippen LogP contribution in [0, 0.1) is 13.8 Å². The van der Waals surface area contributed by atoms with Gasteiger partial charge in [-0.15, -0.1) is 12.4 Å². The fourth-order valence-electron chi connectivity index (χ4n) is 1.70. The van der Waals surface area contributed by atoms with Crippen molar-refractivity contribution in [2.24, 2.45) is 0 Å². The van der Waals surface area contributed by atoms with E-state index >= 15 is 0 Å². The van der Waals surface area contributed by atoms with Crippen molar-refractivity contribution in [3.05, 3.63) is 29.3 Å². The van der Waals surface area contributed by atoms with Crippen LogP contribution in [0.3, 0.4) is 0 Å². The summed E-state index contributed by atoms with van der Waals surface area (Å²) in [6, 6.07) is 5.98. The van der Waals surface area contributed by atoms with Gasteiger partial charge in [-0.3, -0.25) is 0 Å². The van der Waals surface area contributed by atoms with Crippen LogP contribution in [0.5, 0.6) is 5.75 Å². The number of aliphatic hydroxyl groups is 1. The van der Waals surface area contributed by atoms with Crippen molar-refractivity contribution in [3.63, 3.8) is 0 Å². The second kappa shape index (κ2) is 10.1. The third-order valence-corrected chi connectivity index (χ3v) is 3.07. The topological polar surface area (TPSA) is 41.5 Å². The van der Waals surface area contributed by atoms with Gasteiger partial charge in [0, 0.05) is 6.54 Å². The second-order valence-corrected chi connectivity index (χ2v) is 4.72. The van der Waals surface area contributed by atoms with E-state index in [-0.39, 0.29) is 12.4 Å². The molecule has 3 nitrogen and oxygen atoms in total. The molecule has 19 heavy (non-hydrogen) atoms. The standard InChI is InChI=1S/C15H25NO2.ClH/c1-4-5-9-16-10-14(17)11-18-15-8-6-7-12(2)13(15)3;/h6-8,14,16-17H,4-5,9-11H2,1-3H3;1H. The largest absolute Gasteiger partial charge is 0.491 e. The van der Waals surface area contributed by atoms with Gasteiger partial charge in [-0.1, -0.05) is 25.5 Å². The first kappa shape index (κ1) is 18.2. The molecule has 0 fully saturated rings. The van der Waals surface area contributed by atoms with Crippen LogP contribution in [0.15, 0.2) is 18.2 Å². The molecule has 4 heteroatoms. The van der Waals surface area contributed by atoms with Gasteiger partial charge >= 0.3 is 0 Å². The molecule has 0 amide bonds. The average Bonchev–Trinajstić information content (AvgIpc) is 2.36. The minimum atomic E-state index is -0.457. The Kier molecular flexibility index (Phi) is 9.66. The Morgan fingerprint density at radius 1 is 1.32 bits per heavy atom. The van der Waals surface area contributed by atoms with Gasteiger partial charge in [0.2, 0.25) is 0 Å². The summed E-state index contributed by atoms with van der Waals surface area (Å²) in [6.45, 7) is 8.13. The second-order valence-electron chi connectivity index (χ2n) is 4.72. The van der Waals surface area contributed by atoms with Crippen molar-refractivity contribution in [3.8, 4) is 5.75 Å². The third-order valence-electron chi connectivity index (χ3n) is 3.07. The van der Waals surface area contributed by atoms with E-state index in [0.29, 0.717) is 13.2 Å². The zero-order valence-corrected chi connectivity index (χ0v) is 12.9. The van der Waals surface area contributed by atoms with Crippen molar-refractivity contribution in [1.29, 1.82) is 0 Å². The number of hydrogen-bond acceptors (Lipinski definition) is 3. The van der Waals surface area contributed by atoms with E-state index in [9.17, 15) is 5.11 Å².